The zero-order chi connectivity index (χ0) is 22.3. The molecule has 0 saturated carbocycles. The summed E-state index contributed by atoms with van der Waals surface area (Å²) in [5.74, 6) is 0.925. The average molecular weight is 444 g/mol. The van der Waals surface area contributed by atoms with Gasteiger partial charge >= 0.3 is 0 Å². The van der Waals surface area contributed by atoms with Gasteiger partial charge in [-0.15, -0.1) is 5.10 Å². The van der Waals surface area contributed by atoms with Gasteiger partial charge in [-0.2, -0.15) is 8.99 Å². The van der Waals surface area contributed by atoms with Gasteiger partial charge in [-0.25, -0.2) is 8.42 Å². The van der Waals surface area contributed by atoms with E-state index in [0.29, 0.717) is 49.1 Å². The first-order chi connectivity index (χ1) is 14.7. The molecule has 0 unspecified atom stereocenters. The number of aryl methyl sites for hydroxylation is 4. The van der Waals surface area contributed by atoms with E-state index in [1.54, 1.807) is 19.9 Å². The molecule has 2 aromatic heterocycles. The van der Waals surface area contributed by atoms with Crippen LogP contribution in [0.2, 0.25) is 0 Å². The molecule has 0 spiro atoms. The van der Waals surface area contributed by atoms with Crippen LogP contribution >= 0.6 is 0 Å². The zero-order valence-corrected chi connectivity index (χ0v) is 18.8. The van der Waals surface area contributed by atoms with Crippen molar-refractivity contribution in [1.82, 2.24) is 19.2 Å². The molecule has 3 heterocycles. The lowest BCUT2D eigenvalue weighted by Gasteiger charge is -2.34. The molecule has 31 heavy (non-hydrogen) atoms. The van der Waals surface area contributed by atoms with Crippen molar-refractivity contribution in [2.24, 2.45) is 0 Å². The molecule has 0 bridgehead atoms. The Labute approximate surface area is 180 Å². The van der Waals surface area contributed by atoms with Crippen LogP contribution in [0.1, 0.15) is 22.6 Å². The van der Waals surface area contributed by atoms with Gasteiger partial charge in [0.2, 0.25) is 10.0 Å². The van der Waals surface area contributed by atoms with Crippen molar-refractivity contribution in [3.05, 3.63) is 63.3 Å². The second-order valence-electron chi connectivity index (χ2n) is 7.75. The molecule has 164 valence electrons. The van der Waals surface area contributed by atoms with Crippen LogP contribution in [0.25, 0.3) is 5.69 Å². The van der Waals surface area contributed by atoms with Crippen LogP contribution in [-0.4, -0.2) is 53.8 Å². The van der Waals surface area contributed by atoms with Crippen molar-refractivity contribution >= 4 is 15.8 Å². The summed E-state index contributed by atoms with van der Waals surface area (Å²) >= 11 is 0. The van der Waals surface area contributed by atoms with E-state index in [-0.39, 0.29) is 10.5 Å². The fourth-order valence-electron chi connectivity index (χ4n) is 3.74. The highest BCUT2D eigenvalue weighted by Gasteiger charge is 2.33. The van der Waals surface area contributed by atoms with Crippen LogP contribution in [0, 0.1) is 27.7 Å². The second-order valence-corrected chi connectivity index (χ2v) is 9.63. The third-order valence-corrected chi connectivity index (χ3v) is 7.79. The number of nitrogens with zero attached hydrogens (tertiary/aromatic N) is 5. The molecule has 9 nitrogen and oxygen atoms in total. The minimum atomic E-state index is -3.68. The van der Waals surface area contributed by atoms with Gasteiger partial charge in [0.25, 0.3) is 5.56 Å². The number of hydrogen-bond acceptors (Lipinski definition) is 7. The minimum Gasteiger partial charge on any atom is -0.360 e. The number of piperazine rings is 1. The van der Waals surface area contributed by atoms with Crippen LogP contribution in [0.15, 0.2) is 44.5 Å². The van der Waals surface area contributed by atoms with Gasteiger partial charge in [0, 0.05) is 32.2 Å². The normalized spacial score (nSPS) is 15.4. The van der Waals surface area contributed by atoms with E-state index in [1.807, 2.05) is 36.9 Å². The van der Waals surface area contributed by atoms with E-state index < -0.39 is 10.0 Å². The highest BCUT2D eigenvalue weighted by Crippen LogP contribution is 2.25. The predicted octanol–water partition coefficient (Wildman–Crippen LogP) is 1.97. The summed E-state index contributed by atoms with van der Waals surface area (Å²) in [4.78, 5) is 14.5. The largest absolute Gasteiger partial charge is 0.360 e. The molecule has 0 atom stereocenters. The number of anilines is 1. The topological polar surface area (TPSA) is 102 Å². The van der Waals surface area contributed by atoms with Crippen molar-refractivity contribution < 1.29 is 12.9 Å². The number of benzene rings is 1. The smallest absolute Gasteiger partial charge is 0.271 e. The van der Waals surface area contributed by atoms with Gasteiger partial charge in [-0.1, -0.05) is 11.2 Å². The molecule has 0 N–H and O–H groups in total. The quantitative estimate of drug-likeness (QED) is 0.607. The van der Waals surface area contributed by atoms with E-state index in [2.05, 4.69) is 10.3 Å². The third-order valence-electron chi connectivity index (χ3n) is 5.65. The Kier molecular flexibility index (Phi) is 5.44. The van der Waals surface area contributed by atoms with Crippen LogP contribution in [0.3, 0.4) is 0 Å². The van der Waals surface area contributed by atoms with Crippen LogP contribution in [0.5, 0.6) is 0 Å². The second kappa shape index (κ2) is 7.93. The lowest BCUT2D eigenvalue weighted by Crippen LogP contribution is -2.49. The number of hydrogen-bond donors (Lipinski definition) is 0. The van der Waals surface area contributed by atoms with E-state index >= 15 is 0 Å². The molecular formula is C21H25N5O4S. The molecule has 4 rings (SSSR count). The van der Waals surface area contributed by atoms with Crippen molar-refractivity contribution in [2.75, 3.05) is 31.1 Å². The fraction of sp³-hybridized carbons (Fsp3) is 0.381. The van der Waals surface area contributed by atoms with Crippen molar-refractivity contribution in [3.8, 4) is 5.69 Å². The Morgan fingerprint density at radius 1 is 0.935 bits per heavy atom. The van der Waals surface area contributed by atoms with Crippen LogP contribution < -0.4 is 10.5 Å². The molecule has 0 amide bonds. The molecule has 3 aromatic rings. The predicted molar refractivity (Wildman–Crippen MR) is 116 cm³/mol. The Morgan fingerprint density at radius 2 is 1.65 bits per heavy atom. The zero-order valence-electron chi connectivity index (χ0n) is 18.0. The van der Waals surface area contributed by atoms with Gasteiger partial charge in [0.05, 0.1) is 5.69 Å². The maximum Gasteiger partial charge on any atom is 0.271 e. The molecule has 1 aliphatic rings. The maximum absolute atomic E-state index is 13.0. The highest BCUT2D eigenvalue weighted by atomic mass is 32.2. The van der Waals surface area contributed by atoms with Gasteiger partial charge in [-0.05, 0) is 57.0 Å². The Morgan fingerprint density at radius 3 is 2.26 bits per heavy atom. The summed E-state index contributed by atoms with van der Waals surface area (Å²) in [6.07, 6.45) is 0. The monoisotopic (exact) mass is 443 g/mol. The summed E-state index contributed by atoms with van der Waals surface area (Å²) in [5, 5.41) is 8.30. The van der Waals surface area contributed by atoms with Crippen LogP contribution in [0.4, 0.5) is 5.82 Å². The molecular weight excluding hydrogens is 418 g/mol. The Balaban J connectivity index is 1.56. The summed E-state index contributed by atoms with van der Waals surface area (Å²) in [7, 11) is -3.68. The first-order valence-corrected chi connectivity index (χ1v) is 11.5. The number of aromatic nitrogens is 3. The van der Waals surface area contributed by atoms with Crippen molar-refractivity contribution in [1.29, 1.82) is 0 Å². The first kappa shape index (κ1) is 21.3. The highest BCUT2D eigenvalue weighted by molar-refractivity contribution is 7.89. The average Bonchev–Trinajstić information content (AvgIpc) is 3.09. The summed E-state index contributed by atoms with van der Waals surface area (Å²) < 4.78 is 33.9. The molecule has 1 aliphatic heterocycles. The summed E-state index contributed by atoms with van der Waals surface area (Å²) in [6.45, 7) is 8.76. The van der Waals surface area contributed by atoms with Gasteiger partial charge in [-0.3, -0.25) is 4.79 Å². The molecule has 1 saturated heterocycles. The number of sulfonamides is 1. The van der Waals surface area contributed by atoms with Crippen molar-refractivity contribution in [3.63, 3.8) is 0 Å². The molecule has 0 radical (unpaired) electrons. The molecule has 10 heteroatoms. The summed E-state index contributed by atoms with van der Waals surface area (Å²) in [6, 6.07) is 8.93. The number of rotatable bonds is 4. The minimum absolute atomic E-state index is 0.141. The lowest BCUT2D eigenvalue weighted by atomic mass is 10.1. The molecule has 1 fully saturated rings. The standard InChI is InChI=1S/C21H25N5O4S/c1-14-5-6-18(13-15(14)2)26-20(27)8-7-19(22-26)24-9-11-25(12-10-24)31(28,29)21-16(3)23-30-17(21)4/h5-8,13H,9-12H2,1-4H3. The van der Waals surface area contributed by atoms with Crippen molar-refractivity contribution in [2.45, 2.75) is 32.6 Å². The maximum atomic E-state index is 13.0. The third kappa shape index (κ3) is 3.88. The van der Waals surface area contributed by atoms with E-state index in [1.165, 1.54) is 15.1 Å². The van der Waals surface area contributed by atoms with Gasteiger partial charge in [0.1, 0.15) is 16.4 Å². The Hall–Kier alpha value is -2.98. The first-order valence-electron chi connectivity index (χ1n) is 10.0. The summed E-state index contributed by atoms with van der Waals surface area (Å²) in [5.41, 5.74) is 3.07. The fourth-order valence-corrected chi connectivity index (χ4v) is 5.46. The van der Waals surface area contributed by atoms with Crippen LogP contribution in [-0.2, 0) is 10.0 Å². The lowest BCUT2D eigenvalue weighted by molar-refractivity contribution is 0.377. The molecule has 0 aliphatic carbocycles. The molecule has 1 aromatic carbocycles. The van der Waals surface area contributed by atoms with E-state index in [4.69, 9.17) is 4.52 Å². The van der Waals surface area contributed by atoms with Gasteiger partial charge < -0.3 is 9.42 Å². The van der Waals surface area contributed by atoms with E-state index in [9.17, 15) is 13.2 Å². The van der Waals surface area contributed by atoms with E-state index in [0.717, 1.165) is 11.1 Å². The van der Waals surface area contributed by atoms with Gasteiger partial charge in [0.15, 0.2) is 5.76 Å². The Bertz CT molecular complexity index is 1270. The SMILES string of the molecule is Cc1ccc(-n2nc(N3CCN(S(=O)(=O)c4c(C)noc4C)CC3)ccc2=O)cc1C.